The van der Waals surface area contributed by atoms with Crippen LogP contribution >= 0.6 is 27.3 Å². The van der Waals surface area contributed by atoms with Crippen LogP contribution in [0.15, 0.2) is 14.7 Å². The third kappa shape index (κ3) is 4.55. The molecule has 6 heteroatoms. The van der Waals surface area contributed by atoms with Crippen molar-refractivity contribution in [3.8, 4) is 0 Å². The van der Waals surface area contributed by atoms with Crippen molar-refractivity contribution < 1.29 is 8.42 Å². The van der Waals surface area contributed by atoms with Gasteiger partial charge in [0.1, 0.15) is 0 Å². The van der Waals surface area contributed by atoms with Crippen molar-refractivity contribution in [2.45, 2.75) is 39.5 Å². The monoisotopic (exact) mass is 367 g/mol. The van der Waals surface area contributed by atoms with Gasteiger partial charge in [0, 0.05) is 11.4 Å². The molecule has 0 aliphatic rings. The summed E-state index contributed by atoms with van der Waals surface area (Å²) >= 11 is 4.77. The molecule has 1 heterocycles. The van der Waals surface area contributed by atoms with Gasteiger partial charge in [-0.2, -0.15) is 0 Å². The fourth-order valence-corrected chi connectivity index (χ4v) is 5.71. The minimum atomic E-state index is -3.40. The third-order valence-electron chi connectivity index (χ3n) is 3.35. The molecule has 3 nitrogen and oxygen atoms in total. The molecule has 0 bridgehead atoms. The molecular formula is C13H22BrNO2S2. The van der Waals surface area contributed by atoms with Gasteiger partial charge in [-0.25, -0.2) is 13.1 Å². The molecule has 0 aromatic carbocycles. The number of aryl methyl sites for hydroxylation is 1. The molecule has 0 aliphatic carbocycles. The van der Waals surface area contributed by atoms with E-state index in [2.05, 4.69) is 48.3 Å². The molecule has 0 fully saturated rings. The first-order valence-electron chi connectivity index (χ1n) is 6.40. The maximum atomic E-state index is 12.3. The van der Waals surface area contributed by atoms with E-state index < -0.39 is 10.0 Å². The average Bonchev–Trinajstić information content (AvgIpc) is 2.57. The largest absolute Gasteiger partial charge is 0.241 e. The number of halogens is 1. The van der Waals surface area contributed by atoms with Crippen molar-refractivity contribution in [3.05, 3.63) is 14.7 Å². The van der Waals surface area contributed by atoms with Gasteiger partial charge in [-0.3, -0.25) is 0 Å². The Morgan fingerprint density at radius 2 is 1.79 bits per heavy atom. The molecule has 1 aromatic rings. The fraction of sp³-hybridized carbons (Fsp3) is 0.692. The summed E-state index contributed by atoms with van der Waals surface area (Å²) in [6.07, 6.45) is 0. The number of hydrogen-bond donors (Lipinski definition) is 1. The molecule has 1 rings (SSSR count). The van der Waals surface area contributed by atoms with Gasteiger partial charge in [0.2, 0.25) is 10.0 Å². The van der Waals surface area contributed by atoms with Crippen LogP contribution in [0.5, 0.6) is 0 Å². The minimum absolute atomic E-state index is 0.345. The smallest absolute Gasteiger partial charge is 0.211 e. The number of sulfonamides is 1. The van der Waals surface area contributed by atoms with Gasteiger partial charge < -0.3 is 0 Å². The van der Waals surface area contributed by atoms with E-state index in [0.29, 0.717) is 29.2 Å². The van der Waals surface area contributed by atoms with Gasteiger partial charge >= 0.3 is 0 Å². The maximum Gasteiger partial charge on any atom is 0.241 e. The van der Waals surface area contributed by atoms with Gasteiger partial charge in [0.15, 0.2) is 0 Å². The maximum absolute atomic E-state index is 12.3. The topological polar surface area (TPSA) is 46.2 Å². The highest BCUT2D eigenvalue weighted by Gasteiger charge is 2.23. The van der Waals surface area contributed by atoms with E-state index in [-0.39, 0.29) is 0 Å². The second-order valence-corrected chi connectivity index (χ2v) is 9.85. The number of rotatable bonds is 6. The van der Waals surface area contributed by atoms with Crippen LogP contribution in [0.3, 0.4) is 0 Å². The summed E-state index contributed by atoms with van der Waals surface area (Å²) in [7, 11) is -3.40. The molecule has 0 amide bonds. The molecule has 0 saturated heterocycles. The third-order valence-corrected chi connectivity index (χ3v) is 6.59. The highest BCUT2D eigenvalue weighted by atomic mass is 79.9. The van der Waals surface area contributed by atoms with Gasteiger partial charge in [0.05, 0.1) is 8.68 Å². The molecule has 0 spiro atoms. The summed E-state index contributed by atoms with van der Waals surface area (Å²) in [5.41, 5.74) is 0. The number of hydrogen-bond acceptors (Lipinski definition) is 3. The van der Waals surface area contributed by atoms with E-state index in [1.807, 2.05) is 6.92 Å². The lowest BCUT2D eigenvalue weighted by atomic mass is 9.86. The quantitative estimate of drug-likeness (QED) is 0.824. The van der Waals surface area contributed by atoms with Crippen LogP contribution in [-0.2, 0) is 10.0 Å². The first-order valence-corrected chi connectivity index (χ1v) is 9.50. The summed E-state index contributed by atoms with van der Waals surface area (Å²) in [6, 6.07) is 1.67. The molecule has 1 N–H and O–H groups in total. The van der Waals surface area contributed by atoms with Crippen LogP contribution < -0.4 is 4.72 Å². The van der Waals surface area contributed by atoms with Crippen LogP contribution in [-0.4, -0.2) is 15.0 Å². The zero-order valence-electron chi connectivity index (χ0n) is 12.0. The van der Waals surface area contributed by atoms with Crippen LogP contribution in [0.1, 0.15) is 32.6 Å². The molecule has 0 saturated carbocycles. The fourth-order valence-electron chi connectivity index (χ4n) is 2.22. The Kier molecular flexibility index (Phi) is 6.04. The van der Waals surface area contributed by atoms with Crippen molar-refractivity contribution in [1.82, 2.24) is 4.72 Å². The Bertz CT molecular complexity index is 513. The van der Waals surface area contributed by atoms with Crippen LogP contribution in [0.25, 0.3) is 0 Å². The van der Waals surface area contributed by atoms with E-state index in [4.69, 9.17) is 0 Å². The Hall–Kier alpha value is 0.0900. The summed E-state index contributed by atoms with van der Waals surface area (Å²) in [5.74, 6) is 1.26. The van der Waals surface area contributed by atoms with Gasteiger partial charge in [0.25, 0.3) is 0 Å². The van der Waals surface area contributed by atoms with Crippen molar-refractivity contribution in [1.29, 1.82) is 0 Å². The van der Waals surface area contributed by atoms with E-state index in [9.17, 15) is 8.42 Å². The molecule has 0 atom stereocenters. The second kappa shape index (κ2) is 6.70. The lowest BCUT2D eigenvalue weighted by Gasteiger charge is -2.24. The standard InChI is InChI=1S/C13H22BrNO2S2/c1-8(2)11(9(3)4)7-15-19(16,17)12-6-13(14)18-10(12)5/h6,8-9,11,15H,7H2,1-5H3. The molecule has 1 aromatic heterocycles. The Labute approximate surface area is 129 Å². The van der Waals surface area contributed by atoms with Crippen molar-refractivity contribution in [2.75, 3.05) is 6.54 Å². The van der Waals surface area contributed by atoms with E-state index >= 15 is 0 Å². The van der Waals surface area contributed by atoms with Crippen LogP contribution in [0.2, 0.25) is 0 Å². The van der Waals surface area contributed by atoms with E-state index in [1.165, 1.54) is 11.3 Å². The van der Waals surface area contributed by atoms with Crippen LogP contribution in [0, 0.1) is 24.7 Å². The number of nitrogens with one attached hydrogen (secondary N) is 1. The molecular weight excluding hydrogens is 346 g/mol. The summed E-state index contributed by atoms with van der Waals surface area (Å²) in [5, 5.41) is 0. The highest BCUT2D eigenvalue weighted by Crippen LogP contribution is 2.30. The van der Waals surface area contributed by atoms with Gasteiger partial charge in [-0.15, -0.1) is 11.3 Å². The molecule has 19 heavy (non-hydrogen) atoms. The minimum Gasteiger partial charge on any atom is -0.211 e. The molecule has 0 unspecified atom stereocenters. The predicted octanol–water partition coefficient (Wildman–Crippen LogP) is 4.03. The lowest BCUT2D eigenvalue weighted by Crippen LogP contribution is -2.34. The second-order valence-electron chi connectivity index (χ2n) is 5.47. The summed E-state index contributed by atoms with van der Waals surface area (Å²) < 4.78 is 28.2. The highest BCUT2D eigenvalue weighted by molar-refractivity contribution is 9.11. The molecule has 0 radical (unpaired) electrons. The molecule has 110 valence electrons. The Morgan fingerprint density at radius 1 is 1.26 bits per heavy atom. The van der Waals surface area contributed by atoms with Crippen molar-refractivity contribution >= 4 is 37.3 Å². The summed E-state index contributed by atoms with van der Waals surface area (Å²) in [6.45, 7) is 10.8. The van der Waals surface area contributed by atoms with Gasteiger partial charge in [-0.05, 0) is 46.7 Å². The van der Waals surface area contributed by atoms with Crippen LogP contribution in [0.4, 0.5) is 0 Å². The van der Waals surface area contributed by atoms with E-state index in [0.717, 1.165) is 8.66 Å². The lowest BCUT2D eigenvalue weighted by molar-refractivity contribution is 0.289. The van der Waals surface area contributed by atoms with Crippen molar-refractivity contribution in [2.24, 2.45) is 17.8 Å². The van der Waals surface area contributed by atoms with Crippen molar-refractivity contribution in [3.63, 3.8) is 0 Å². The molecule has 0 aliphatic heterocycles. The van der Waals surface area contributed by atoms with Gasteiger partial charge in [-0.1, -0.05) is 27.7 Å². The Balaban J connectivity index is 2.84. The zero-order valence-corrected chi connectivity index (χ0v) is 15.2. The Morgan fingerprint density at radius 3 is 2.16 bits per heavy atom. The SMILES string of the molecule is Cc1sc(Br)cc1S(=O)(=O)NCC(C(C)C)C(C)C. The van der Waals surface area contributed by atoms with E-state index in [1.54, 1.807) is 6.07 Å². The summed E-state index contributed by atoms with van der Waals surface area (Å²) in [4.78, 5) is 1.20. The number of thiophene rings is 1. The average molecular weight is 368 g/mol. The first-order chi connectivity index (χ1) is 8.65. The zero-order chi connectivity index (χ0) is 14.8. The first kappa shape index (κ1) is 17.1. The predicted molar refractivity (Wildman–Crippen MR) is 85.1 cm³/mol. The normalized spacial score (nSPS) is 12.9.